The summed E-state index contributed by atoms with van der Waals surface area (Å²) in [5.41, 5.74) is 0.766. The van der Waals surface area contributed by atoms with Crippen LogP contribution in [0.25, 0.3) is 0 Å². The Balaban J connectivity index is 1.93. The average Bonchev–Trinajstić information content (AvgIpc) is 2.73. The molecule has 0 spiro atoms. The SMILES string of the molecule is COc1ccc(S(=O)(=O)N(CC(=O)Nc2cccc(Cl)c2)c2ccc(Cl)cc2)cc1. The fourth-order valence-electron chi connectivity index (χ4n) is 2.69. The number of rotatable bonds is 7. The van der Waals surface area contributed by atoms with Crippen molar-refractivity contribution in [2.24, 2.45) is 0 Å². The number of anilines is 2. The van der Waals surface area contributed by atoms with Crippen LogP contribution in [0.5, 0.6) is 5.75 Å². The molecule has 9 heteroatoms. The molecule has 3 rings (SSSR count). The minimum atomic E-state index is -4.04. The maximum atomic E-state index is 13.3. The Hall–Kier alpha value is -2.74. The topological polar surface area (TPSA) is 75.7 Å². The largest absolute Gasteiger partial charge is 0.497 e. The molecule has 6 nitrogen and oxygen atoms in total. The van der Waals surface area contributed by atoms with Crippen molar-refractivity contribution >= 4 is 50.5 Å². The Labute approximate surface area is 185 Å². The third-order valence-corrected chi connectivity index (χ3v) is 6.43. The van der Waals surface area contributed by atoms with Gasteiger partial charge in [-0.2, -0.15) is 0 Å². The van der Waals surface area contributed by atoms with Crippen LogP contribution in [0.3, 0.4) is 0 Å². The quantitative estimate of drug-likeness (QED) is 0.542. The van der Waals surface area contributed by atoms with Crippen LogP contribution in [0, 0.1) is 0 Å². The van der Waals surface area contributed by atoms with Gasteiger partial charge in [-0.1, -0.05) is 29.3 Å². The first-order valence-corrected chi connectivity index (χ1v) is 11.0. The molecule has 0 saturated heterocycles. The lowest BCUT2D eigenvalue weighted by Gasteiger charge is -2.24. The molecule has 0 aliphatic rings. The zero-order chi connectivity index (χ0) is 21.7. The number of carbonyl (C=O) groups is 1. The number of methoxy groups -OCH3 is 1. The second-order valence-electron chi connectivity index (χ2n) is 6.22. The van der Waals surface area contributed by atoms with Crippen LogP contribution in [0.1, 0.15) is 0 Å². The van der Waals surface area contributed by atoms with Crippen molar-refractivity contribution in [3.63, 3.8) is 0 Å². The van der Waals surface area contributed by atoms with Gasteiger partial charge < -0.3 is 10.1 Å². The molecule has 1 amide bonds. The summed E-state index contributed by atoms with van der Waals surface area (Å²) in [4.78, 5) is 12.7. The minimum Gasteiger partial charge on any atom is -0.497 e. The van der Waals surface area contributed by atoms with E-state index in [2.05, 4.69) is 5.32 Å². The summed E-state index contributed by atoms with van der Waals surface area (Å²) in [6.45, 7) is -0.442. The van der Waals surface area contributed by atoms with Crippen LogP contribution in [-0.2, 0) is 14.8 Å². The van der Waals surface area contributed by atoms with Gasteiger partial charge in [-0.3, -0.25) is 9.10 Å². The molecule has 1 N–H and O–H groups in total. The lowest BCUT2D eigenvalue weighted by molar-refractivity contribution is -0.114. The van der Waals surface area contributed by atoms with Gasteiger partial charge in [0.05, 0.1) is 17.7 Å². The van der Waals surface area contributed by atoms with Crippen LogP contribution in [-0.4, -0.2) is 28.0 Å². The Kier molecular flexibility index (Phi) is 6.87. The van der Waals surface area contributed by atoms with E-state index in [0.29, 0.717) is 27.2 Å². The molecule has 0 radical (unpaired) electrons. The van der Waals surface area contributed by atoms with Crippen LogP contribution in [0.15, 0.2) is 77.7 Å². The summed E-state index contributed by atoms with van der Waals surface area (Å²) >= 11 is 11.9. The number of hydrogen-bond acceptors (Lipinski definition) is 4. The van der Waals surface area contributed by atoms with E-state index < -0.39 is 22.5 Å². The number of hydrogen-bond donors (Lipinski definition) is 1. The van der Waals surface area contributed by atoms with E-state index in [0.717, 1.165) is 4.31 Å². The lowest BCUT2D eigenvalue weighted by Crippen LogP contribution is -2.38. The van der Waals surface area contributed by atoms with Crippen LogP contribution in [0.4, 0.5) is 11.4 Å². The smallest absolute Gasteiger partial charge is 0.264 e. The van der Waals surface area contributed by atoms with Crippen LogP contribution >= 0.6 is 23.2 Å². The molecule has 30 heavy (non-hydrogen) atoms. The Morgan fingerprint density at radius 1 is 0.967 bits per heavy atom. The highest BCUT2D eigenvalue weighted by Crippen LogP contribution is 2.26. The maximum absolute atomic E-state index is 13.3. The van der Waals surface area contributed by atoms with Gasteiger partial charge in [0.2, 0.25) is 5.91 Å². The summed E-state index contributed by atoms with van der Waals surface area (Å²) in [5, 5.41) is 3.56. The predicted octanol–water partition coefficient (Wildman–Crippen LogP) is 4.84. The van der Waals surface area contributed by atoms with Crippen LogP contribution in [0.2, 0.25) is 10.0 Å². The second kappa shape index (κ2) is 9.38. The van der Waals surface area contributed by atoms with Gasteiger partial charge in [0.25, 0.3) is 10.0 Å². The molecule has 0 saturated carbocycles. The highest BCUT2D eigenvalue weighted by Gasteiger charge is 2.27. The van der Waals surface area contributed by atoms with Gasteiger partial charge >= 0.3 is 0 Å². The standard InChI is InChI=1S/C21H18Cl2N2O4S/c1-29-19-9-11-20(12-10-19)30(27,28)25(18-7-5-15(22)6-8-18)14-21(26)24-17-4-2-3-16(23)13-17/h2-13H,14H2,1H3,(H,24,26). The van der Waals surface area contributed by atoms with Gasteiger partial charge in [-0.15, -0.1) is 0 Å². The molecule has 0 heterocycles. The first-order chi connectivity index (χ1) is 14.3. The van der Waals surface area contributed by atoms with E-state index in [1.54, 1.807) is 48.5 Å². The molecule has 0 aliphatic heterocycles. The first-order valence-electron chi connectivity index (χ1n) is 8.77. The van der Waals surface area contributed by atoms with E-state index in [-0.39, 0.29) is 4.90 Å². The molecule has 0 bridgehead atoms. The molecule has 3 aromatic carbocycles. The molecule has 156 valence electrons. The number of halogens is 2. The minimum absolute atomic E-state index is 0.0220. The van der Waals surface area contributed by atoms with Gasteiger partial charge in [0, 0.05) is 15.7 Å². The lowest BCUT2D eigenvalue weighted by atomic mass is 10.3. The maximum Gasteiger partial charge on any atom is 0.264 e. The highest BCUT2D eigenvalue weighted by molar-refractivity contribution is 7.92. The number of nitrogens with one attached hydrogen (secondary N) is 1. The third kappa shape index (κ3) is 5.24. The Bertz CT molecular complexity index is 1130. The van der Waals surface area contributed by atoms with E-state index in [1.165, 1.54) is 31.4 Å². The Morgan fingerprint density at radius 3 is 2.23 bits per heavy atom. The van der Waals surface area contributed by atoms with Crippen molar-refractivity contribution in [2.45, 2.75) is 4.90 Å². The summed E-state index contributed by atoms with van der Waals surface area (Å²) in [7, 11) is -2.55. The summed E-state index contributed by atoms with van der Waals surface area (Å²) in [6.07, 6.45) is 0. The number of carbonyl (C=O) groups excluding carboxylic acids is 1. The van der Waals surface area contributed by atoms with Crippen molar-refractivity contribution in [3.8, 4) is 5.75 Å². The number of benzene rings is 3. The van der Waals surface area contributed by atoms with Gasteiger partial charge in [0.1, 0.15) is 12.3 Å². The Morgan fingerprint density at radius 2 is 1.63 bits per heavy atom. The zero-order valence-electron chi connectivity index (χ0n) is 15.9. The molecule has 0 fully saturated rings. The fourth-order valence-corrected chi connectivity index (χ4v) is 4.43. The average molecular weight is 465 g/mol. The summed E-state index contributed by atoms with van der Waals surface area (Å²) in [5.74, 6) is -0.00463. The molecular formula is C21H18Cl2N2O4S. The molecular weight excluding hydrogens is 447 g/mol. The summed E-state index contributed by atoms with van der Waals surface area (Å²) in [6, 6.07) is 18.7. The molecule has 0 aliphatic carbocycles. The van der Waals surface area contributed by atoms with Crippen molar-refractivity contribution in [2.75, 3.05) is 23.3 Å². The van der Waals surface area contributed by atoms with Crippen molar-refractivity contribution < 1.29 is 17.9 Å². The highest BCUT2D eigenvalue weighted by atomic mass is 35.5. The molecule has 0 aromatic heterocycles. The first kappa shape index (κ1) is 22.0. The molecule has 0 unspecified atom stereocenters. The van der Waals surface area contributed by atoms with Crippen LogP contribution < -0.4 is 14.4 Å². The number of amides is 1. The normalized spacial score (nSPS) is 11.0. The summed E-state index contributed by atoms with van der Waals surface area (Å²) < 4.78 is 32.7. The monoisotopic (exact) mass is 464 g/mol. The number of nitrogens with zero attached hydrogens (tertiary/aromatic N) is 1. The number of ether oxygens (including phenoxy) is 1. The molecule has 0 atom stereocenters. The third-order valence-electron chi connectivity index (χ3n) is 4.16. The van der Waals surface area contributed by atoms with E-state index in [1.807, 2.05) is 0 Å². The van der Waals surface area contributed by atoms with Crippen molar-refractivity contribution in [1.82, 2.24) is 0 Å². The van der Waals surface area contributed by atoms with Crippen molar-refractivity contribution in [3.05, 3.63) is 82.8 Å². The predicted molar refractivity (Wildman–Crippen MR) is 119 cm³/mol. The van der Waals surface area contributed by atoms with E-state index >= 15 is 0 Å². The van der Waals surface area contributed by atoms with Gasteiger partial charge in [0.15, 0.2) is 0 Å². The van der Waals surface area contributed by atoms with Gasteiger partial charge in [-0.05, 0) is 66.7 Å². The zero-order valence-corrected chi connectivity index (χ0v) is 18.2. The van der Waals surface area contributed by atoms with Crippen molar-refractivity contribution in [1.29, 1.82) is 0 Å². The molecule has 3 aromatic rings. The second-order valence-corrected chi connectivity index (χ2v) is 8.96. The fraction of sp³-hybridized carbons (Fsp3) is 0.0952. The van der Waals surface area contributed by atoms with Gasteiger partial charge in [-0.25, -0.2) is 8.42 Å². The number of sulfonamides is 1. The van der Waals surface area contributed by atoms with E-state index in [4.69, 9.17) is 27.9 Å². The van der Waals surface area contributed by atoms with E-state index in [9.17, 15) is 13.2 Å².